The number of ether oxygens (including phenoxy) is 1. The molecular weight excluding hydrogens is 377 g/mol. The van der Waals surface area contributed by atoms with Crippen LogP contribution in [0, 0.1) is 5.82 Å². The molecule has 0 N–H and O–H groups in total. The smallest absolute Gasteiger partial charge is 0.243 e. The average molecular weight is 399 g/mol. The molecule has 2 atom stereocenters. The Labute approximate surface area is 157 Å². The second-order valence-corrected chi connectivity index (χ2v) is 8.69. The predicted octanol–water partition coefficient (Wildman–Crippen LogP) is 0.0498. The van der Waals surface area contributed by atoms with Gasteiger partial charge in [-0.25, -0.2) is 12.8 Å². The zero-order valence-electron chi connectivity index (χ0n) is 15.2. The van der Waals surface area contributed by atoms with Crippen LogP contribution in [-0.2, 0) is 24.3 Å². The molecular formula is C17H22FN3O5S. The summed E-state index contributed by atoms with van der Waals surface area (Å²) in [5.41, 5.74) is 0.0859. The Morgan fingerprint density at radius 1 is 1.37 bits per heavy atom. The maximum absolute atomic E-state index is 13.5. The van der Waals surface area contributed by atoms with Crippen molar-refractivity contribution in [2.75, 3.05) is 43.8 Å². The van der Waals surface area contributed by atoms with Crippen LogP contribution in [0.4, 0.5) is 10.1 Å². The van der Waals surface area contributed by atoms with E-state index in [1.165, 1.54) is 23.1 Å². The van der Waals surface area contributed by atoms with Gasteiger partial charge in [-0.15, -0.1) is 0 Å². The Morgan fingerprint density at radius 2 is 2.11 bits per heavy atom. The first-order chi connectivity index (χ1) is 12.7. The van der Waals surface area contributed by atoms with Crippen molar-refractivity contribution in [3.8, 4) is 0 Å². The molecule has 2 fully saturated rings. The fourth-order valence-corrected chi connectivity index (χ4v) is 4.25. The molecule has 2 heterocycles. The van der Waals surface area contributed by atoms with Gasteiger partial charge in [-0.3, -0.25) is 13.9 Å². The molecule has 0 bridgehead atoms. The molecule has 2 saturated heterocycles. The van der Waals surface area contributed by atoms with Crippen molar-refractivity contribution in [2.24, 2.45) is 0 Å². The van der Waals surface area contributed by atoms with Gasteiger partial charge in [0.15, 0.2) is 0 Å². The number of benzene rings is 1. The number of anilines is 1. The number of likely N-dealkylation sites (N-methyl/N-ethyl adjacent to an activating group) is 1. The minimum Gasteiger partial charge on any atom is -0.374 e. The topological polar surface area (TPSA) is 87.2 Å². The van der Waals surface area contributed by atoms with Gasteiger partial charge < -0.3 is 14.5 Å². The SMILES string of the molecule is CN1C(=O)CCO[C@H]2CN(C(=O)CN(c3cccc(F)c3)S(C)(=O)=O)C[C@@H]21. The molecule has 2 aliphatic rings. The van der Waals surface area contributed by atoms with Gasteiger partial charge in [0.05, 0.1) is 37.1 Å². The number of carbonyl (C=O) groups is 2. The fraction of sp³-hybridized carbons (Fsp3) is 0.529. The van der Waals surface area contributed by atoms with Gasteiger partial charge in [-0.2, -0.15) is 0 Å². The lowest BCUT2D eigenvalue weighted by atomic mass is 10.2. The third-order valence-electron chi connectivity index (χ3n) is 4.90. The van der Waals surface area contributed by atoms with Crippen molar-refractivity contribution in [2.45, 2.75) is 18.6 Å². The Bertz CT molecular complexity index is 847. The molecule has 2 aliphatic heterocycles. The van der Waals surface area contributed by atoms with Crippen molar-refractivity contribution in [1.82, 2.24) is 9.80 Å². The van der Waals surface area contributed by atoms with E-state index in [0.29, 0.717) is 13.0 Å². The number of carbonyl (C=O) groups excluding carboxylic acids is 2. The summed E-state index contributed by atoms with van der Waals surface area (Å²) >= 11 is 0. The summed E-state index contributed by atoms with van der Waals surface area (Å²) in [6, 6.07) is 4.82. The van der Waals surface area contributed by atoms with E-state index in [-0.39, 0.29) is 36.8 Å². The molecule has 27 heavy (non-hydrogen) atoms. The molecule has 2 amide bonds. The van der Waals surface area contributed by atoms with E-state index in [9.17, 15) is 22.4 Å². The Hall–Kier alpha value is -2.20. The second kappa shape index (κ2) is 7.43. The van der Waals surface area contributed by atoms with Crippen LogP contribution in [0.5, 0.6) is 0 Å². The van der Waals surface area contributed by atoms with Crippen molar-refractivity contribution < 1.29 is 27.1 Å². The van der Waals surface area contributed by atoms with Crippen molar-refractivity contribution in [3.05, 3.63) is 30.1 Å². The number of amides is 2. The van der Waals surface area contributed by atoms with E-state index in [0.717, 1.165) is 16.6 Å². The first-order valence-corrected chi connectivity index (χ1v) is 10.4. The fourth-order valence-electron chi connectivity index (χ4n) is 3.41. The van der Waals surface area contributed by atoms with E-state index in [1.807, 2.05) is 0 Å². The summed E-state index contributed by atoms with van der Waals surface area (Å²) in [6.45, 7) is 0.402. The number of sulfonamides is 1. The van der Waals surface area contributed by atoms with E-state index in [1.54, 1.807) is 11.9 Å². The van der Waals surface area contributed by atoms with Gasteiger partial charge in [0.1, 0.15) is 12.4 Å². The summed E-state index contributed by atoms with van der Waals surface area (Å²) in [5, 5.41) is 0. The first-order valence-electron chi connectivity index (χ1n) is 8.55. The normalized spacial score (nSPS) is 23.1. The van der Waals surface area contributed by atoms with Crippen molar-refractivity contribution in [1.29, 1.82) is 0 Å². The molecule has 0 unspecified atom stereocenters. The van der Waals surface area contributed by atoms with Crippen LogP contribution < -0.4 is 4.31 Å². The molecule has 10 heteroatoms. The zero-order valence-corrected chi connectivity index (χ0v) is 16.0. The highest BCUT2D eigenvalue weighted by molar-refractivity contribution is 7.92. The lowest BCUT2D eigenvalue weighted by Crippen LogP contribution is -2.44. The molecule has 1 aromatic carbocycles. The van der Waals surface area contributed by atoms with Gasteiger partial charge in [0.2, 0.25) is 21.8 Å². The number of likely N-dealkylation sites (tertiary alicyclic amines) is 1. The Kier molecular flexibility index (Phi) is 5.38. The van der Waals surface area contributed by atoms with Gasteiger partial charge in [0.25, 0.3) is 0 Å². The summed E-state index contributed by atoms with van der Waals surface area (Å²) in [6.07, 6.45) is 0.972. The molecule has 3 rings (SSSR count). The van der Waals surface area contributed by atoms with Gasteiger partial charge in [-0.05, 0) is 18.2 Å². The summed E-state index contributed by atoms with van der Waals surface area (Å²) < 4.78 is 44.3. The van der Waals surface area contributed by atoms with E-state index >= 15 is 0 Å². The van der Waals surface area contributed by atoms with Crippen LogP contribution in [0.15, 0.2) is 24.3 Å². The third-order valence-corrected chi connectivity index (χ3v) is 6.04. The van der Waals surface area contributed by atoms with E-state index in [4.69, 9.17) is 4.74 Å². The van der Waals surface area contributed by atoms with E-state index < -0.39 is 28.3 Å². The summed E-state index contributed by atoms with van der Waals surface area (Å²) in [7, 11) is -2.11. The molecule has 148 valence electrons. The highest BCUT2D eigenvalue weighted by Crippen LogP contribution is 2.24. The lowest BCUT2D eigenvalue weighted by molar-refractivity contribution is -0.133. The molecule has 8 nitrogen and oxygen atoms in total. The predicted molar refractivity (Wildman–Crippen MR) is 96.1 cm³/mol. The third kappa shape index (κ3) is 4.22. The number of nitrogens with zero attached hydrogens (tertiary/aromatic N) is 3. The van der Waals surface area contributed by atoms with Crippen molar-refractivity contribution in [3.63, 3.8) is 0 Å². The highest BCUT2D eigenvalue weighted by atomic mass is 32.2. The zero-order chi connectivity index (χ0) is 19.8. The van der Waals surface area contributed by atoms with Crippen LogP contribution >= 0.6 is 0 Å². The number of hydrogen-bond donors (Lipinski definition) is 0. The van der Waals surface area contributed by atoms with Crippen LogP contribution in [-0.4, -0.2) is 81.7 Å². The number of halogens is 1. The average Bonchev–Trinajstić information content (AvgIpc) is 2.96. The Morgan fingerprint density at radius 3 is 2.78 bits per heavy atom. The quantitative estimate of drug-likeness (QED) is 0.714. The van der Waals surface area contributed by atoms with Crippen LogP contribution in [0.1, 0.15) is 6.42 Å². The molecule has 0 aromatic heterocycles. The van der Waals surface area contributed by atoms with Crippen LogP contribution in [0.3, 0.4) is 0 Å². The Balaban J connectivity index is 1.76. The highest BCUT2D eigenvalue weighted by Gasteiger charge is 2.42. The molecule has 0 spiro atoms. The van der Waals surface area contributed by atoms with Gasteiger partial charge >= 0.3 is 0 Å². The van der Waals surface area contributed by atoms with Gasteiger partial charge in [-0.1, -0.05) is 6.07 Å². The van der Waals surface area contributed by atoms with Crippen molar-refractivity contribution >= 4 is 27.5 Å². The standard InChI is InChI=1S/C17H22FN3O5S/c1-19-14-9-20(10-15(14)26-7-6-16(19)22)17(23)11-21(27(2,24)25)13-5-3-4-12(18)8-13/h3-5,8,14-15H,6-7,9-11H2,1-2H3/t14-,15-/m0/s1. The summed E-state index contributed by atoms with van der Waals surface area (Å²) in [4.78, 5) is 27.8. The molecule has 0 aliphatic carbocycles. The maximum atomic E-state index is 13.5. The lowest BCUT2D eigenvalue weighted by Gasteiger charge is -2.26. The molecule has 0 radical (unpaired) electrons. The largest absolute Gasteiger partial charge is 0.374 e. The van der Waals surface area contributed by atoms with Gasteiger partial charge in [0, 0.05) is 20.1 Å². The molecule has 1 aromatic rings. The summed E-state index contributed by atoms with van der Waals surface area (Å²) in [5.74, 6) is -1.07. The van der Waals surface area contributed by atoms with Crippen LogP contribution in [0.25, 0.3) is 0 Å². The number of fused-ring (bicyclic) bond motifs is 1. The number of hydrogen-bond acceptors (Lipinski definition) is 5. The monoisotopic (exact) mass is 399 g/mol. The second-order valence-electron chi connectivity index (χ2n) is 6.78. The molecule has 0 saturated carbocycles. The minimum atomic E-state index is -3.79. The van der Waals surface area contributed by atoms with Crippen LogP contribution in [0.2, 0.25) is 0 Å². The van der Waals surface area contributed by atoms with E-state index in [2.05, 4.69) is 0 Å². The number of rotatable bonds is 4. The minimum absolute atomic E-state index is 0.0469. The maximum Gasteiger partial charge on any atom is 0.243 e. The first kappa shape index (κ1) is 19.6.